The van der Waals surface area contributed by atoms with E-state index in [9.17, 15) is 21.6 Å². The van der Waals surface area contributed by atoms with Crippen LogP contribution in [0, 0.1) is 0 Å². The average Bonchev–Trinajstić information content (AvgIpc) is 2.94. The van der Waals surface area contributed by atoms with Crippen molar-refractivity contribution < 1.29 is 26.4 Å². The molecule has 0 saturated heterocycles. The molecule has 12 heteroatoms. The summed E-state index contributed by atoms with van der Waals surface area (Å²) in [6, 6.07) is 27.2. The van der Waals surface area contributed by atoms with Crippen LogP contribution in [-0.4, -0.2) is 35.4 Å². The number of benzene rings is 4. The zero-order valence-corrected chi connectivity index (χ0v) is 23.3. The second kappa shape index (κ2) is 11.2. The number of anilines is 3. The number of nitrogens with one attached hydrogen (secondary N) is 2. The standard InChI is InChI=1S/C28H24ClN3O6S2/c29-21-10-12-23(13-11-21)31-40(36,37)24-16-14-22(15-17-24)30-28(33)27-18-32(25-8-4-5-9-26(25)38-27)39(34,35)19-20-6-2-1-3-7-20/h1-17,27,31H,18-19H2,(H,30,33)/t27-/m1/s1. The first-order chi connectivity index (χ1) is 19.1. The number of sulfonamides is 2. The fraction of sp³-hybridized carbons (Fsp3) is 0.107. The predicted octanol–water partition coefficient (Wildman–Crippen LogP) is 4.88. The summed E-state index contributed by atoms with van der Waals surface area (Å²) < 4.78 is 61.8. The van der Waals surface area contributed by atoms with Crippen LogP contribution in [-0.2, 0) is 30.6 Å². The number of amides is 1. The molecule has 40 heavy (non-hydrogen) atoms. The Labute approximate surface area is 237 Å². The van der Waals surface area contributed by atoms with Gasteiger partial charge in [-0.3, -0.25) is 13.8 Å². The van der Waals surface area contributed by atoms with Gasteiger partial charge in [0.05, 0.1) is 22.9 Å². The Balaban J connectivity index is 1.31. The van der Waals surface area contributed by atoms with Crippen LogP contribution in [0.4, 0.5) is 17.1 Å². The highest BCUT2D eigenvalue weighted by atomic mass is 35.5. The minimum Gasteiger partial charge on any atom is -0.476 e. The molecule has 4 aromatic rings. The maximum atomic E-state index is 13.4. The van der Waals surface area contributed by atoms with Gasteiger partial charge in [-0.15, -0.1) is 0 Å². The maximum Gasteiger partial charge on any atom is 0.267 e. The number of rotatable bonds is 8. The molecule has 0 bridgehead atoms. The minimum atomic E-state index is -3.88. The number of fused-ring (bicyclic) bond motifs is 1. The van der Waals surface area contributed by atoms with E-state index >= 15 is 0 Å². The number of para-hydroxylation sites is 2. The first-order valence-corrected chi connectivity index (χ1v) is 15.6. The van der Waals surface area contributed by atoms with Crippen LogP contribution < -0.4 is 19.1 Å². The Bertz CT molecular complexity index is 1730. The van der Waals surface area contributed by atoms with Crippen molar-refractivity contribution in [2.45, 2.75) is 16.8 Å². The van der Waals surface area contributed by atoms with E-state index < -0.39 is 32.1 Å². The van der Waals surface area contributed by atoms with Crippen LogP contribution in [0.25, 0.3) is 0 Å². The number of nitrogens with zero attached hydrogens (tertiary/aromatic N) is 1. The molecule has 0 radical (unpaired) electrons. The third-order valence-corrected chi connectivity index (χ3v) is 9.45. The number of carbonyl (C=O) groups is 1. The quantitative estimate of drug-likeness (QED) is 0.299. The molecule has 1 amide bonds. The summed E-state index contributed by atoms with van der Waals surface area (Å²) in [5, 5.41) is 3.16. The molecule has 1 atom stereocenters. The Hall–Kier alpha value is -4.06. The van der Waals surface area contributed by atoms with Crippen molar-refractivity contribution in [3.63, 3.8) is 0 Å². The van der Waals surface area contributed by atoms with Crippen molar-refractivity contribution in [1.82, 2.24) is 0 Å². The van der Waals surface area contributed by atoms with Crippen molar-refractivity contribution in [3.8, 4) is 5.75 Å². The normalized spacial score (nSPS) is 15.0. The molecule has 2 N–H and O–H groups in total. The van der Waals surface area contributed by atoms with E-state index in [0.29, 0.717) is 27.6 Å². The zero-order valence-electron chi connectivity index (χ0n) is 20.9. The number of hydrogen-bond donors (Lipinski definition) is 2. The van der Waals surface area contributed by atoms with Crippen LogP contribution in [0.3, 0.4) is 0 Å². The van der Waals surface area contributed by atoms with Gasteiger partial charge in [0.2, 0.25) is 10.0 Å². The molecular weight excluding hydrogens is 574 g/mol. The molecule has 0 spiro atoms. The molecule has 0 unspecified atom stereocenters. The van der Waals surface area contributed by atoms with Crippen LogP contribution >= 0.6 is 11.6 Å². The van der Waals surface area contributed by atoms with Gasteiger partial charge in [-0.25, -0.2) is 16.8 Å². The summed E-state index contributed by atoms with van der Waals surface area (Å²) in [6.45, 7) is -0.227. The molecule has 9 nitrogen and oxygen atoms in total. The van der Waals surface area contributed by atoms with Gasteiger partial charge in [0, 0.05) is 16.4 Å². The fourth-order valence-electron chi connectivity index (χ4n) is 4.14. The Morgan fingerprint density at radius 2 is 1.45 bits per heavy atom. The van der Waals surface area contributed by atoms with Crippen LogP contribution in [0.1, 0.15) is 5.56 Å². The number of carbonyl (C=O) groups excluding carboxylic acids is 1. The van der Waals surface area contributed by atoms with Gasteiger partial charge >= 0.3 is 0 Å². The number of hydrogen-bond acceptors (Lipinski definition) is 6. The summed E-state index contributed by atoms with van der Waals surface area (Å²) in [4.78, 5) is 13.1. The van der Waals surface area contributed by atoms with E-state index in [0.717, 1.165) is 0 Å². The van der Waals surface area contributed by atoms with Gasteiger partial charge in [-0.05, 0) is 66.2 Å². The zero-order chi connectivity index (χ0) is 28.3. The third-order valence-electron chi connectivity index (χ3n) is 6.08. The Kier molecular flexibility index (Phi) is 7.70. The summed E-state index contributed by atoms with van der Waals surface area (Å²) in [5.41, 5.74) is 1.64. The molecule has 4 aromatic carbocycles. The second-order valence-corrected chi connectivity index (χ2v) is 13.0. The molecular formula is C28H24ClN3O6S2. The van der Waals surface area contributed by atoms with E-state index in [4.69, 9.17) is 16.3 Å². The highest BCUT2D eigenvalue weighted by molar-refractivity contribution is 7.92. The lowest BCUT2D eigenvalue weighted by Gasteiger charge is -2.34. The lowest BCUT2D eigenvalue weighted by Crippen LogP contribution is -2.49. The van der Waals surface area contributed by atoms with Gasteiger partial charge in [-0.1, -0.05) is 54.1 Å². The van der Waals surface area contributed by atoms with Gasteiger partial charge in [0.25, 0.3) is 15.9 Å². The maximum absolute atomic E-state index is 13.4. The first kappa shape index (κ1) is 27.5. The molecule has 0 saturated carbocycles. The molecule has 0 aromatic heterocycles. The van der Waals surface area contributed by atoms with E-state index in [1.54, 1.807) is 78.9 Å². The van der Waals surface area contributed by atoms with E-state index in [1.165, 1.54) is 28.6 Å². The minimum absolute atomic E-state index is 0.0125. The van der Waals surface area contributed by atoms with Crippen LogP contribution in [0.15, 0.2) is 108 Å². The Morgan fingerprint density at radius 1 is 0.825 bits per heavy atom. The van der Waals surface area contributed by atoms with Crippen molar-refractivity contribution in [2.75, 3.05) is 20.9 Å². The van der Waals surface area contributed by atoms with Crippen LogP contribution in [0.5, 0.6) is 5.75 Å². The SMILES string of the molecule is O=C(Nc1ccc(S(=O)(=O)Nc2ccc(Cl)cc2)cc1)[C@H]1CN(S(=O)(=O)Cc2ccccc2)c2ccccc2O1. The van der Waals surface area contributed by atoms with Crippen molar-refractivity contribution in [1.29, 1.82) is 0 Å². The largest absolute Gasteiger partial charge is 0.476 e. The van der Waals surface area contributed by atoms with Crippen molar-refractivity contribution >= 4 is 54.6 Å². The van der Waals surface area contributed by atoms with Gasteiger partial charge < -0.3 is 10.1 Å². The van der Waals surface area contributed by atoms with Gasteiger partial charge in [-0.2, -0.15) is 0 Å². The molecule has 5 rings (SSSR count). The molecule has 0 fully saturated rings. The fourth-order valence-corrected chi connectivity index (χ4v) is 6.90. The molecule has 0 aliphatic carbocycles. The molecule has 1 heterocycles. The first-order valence-electron chi connectivity index (χ1n) is 12.1. The molecule has 1 aliphatic rings. The predicted molar refractivity (Wildman–Crippen MR) is 155 cm³/mol. The highest BCUT2D eigenvalue weighted by Crippen LogP contribution is 2.36. The van der Waals surface area contributed by atoms with E-state index in [2.05, 4.69) is 10.0 Å². The lowest BCUT2D eigenvalue weighted by molar-refractivity contribution is -0.122. The second-order valence-electron chi connectivity index (χ2n) is 8.97. The van der Waals surface area contributed by atoms with Crippen molar-refractivity contribution in [3.05, 3.63) is 114 Å². The summed E-state index contributed by atoms with van der Waals surface area (Å²) in [6.07, 6.45) is -1.14. The van der Waals surface area contributed by atoms with E-state index in [-0.39, 0.29) is 22.9 Å². The number of halogens is 1. The summed E-state index contributed by atoms with van der Waals surface area (Å²) in [7, 11) is -7.73. The molecule has 1 aliphatic heterocycles. The van der Waals surface area contributed by atoms with Gasteiger partial charge in [0.1, 0.15) is 5.75 Å². The third kappa shape index (κ3) is 6.22. The lowest BCUT2D eigenvalue weighted by atomic mass is 10.2. The smallest absolute Gasteiger partial charge is 0.267 e. The van der Waals surface area contributed by atoms with Gasteiger partial charge in [0.15, 0.2) is 6.10 Å². The average molecular weight is 598 g/mol. The number of ether oxygens (including phenoxy) is 1. The van der Waals surface area contributed by atoms with Crippen LogP contribution in [0.2, 0.25) is 5.02 Å². The van der Waals surface area contributed by atoms with E-state index in [1.807, 2.05) is 0 Å². The topological polar surface area (TPSA) is 122 Å². The summed E-state index contributed by atoms with van der Waals surface area (Å²) >= 11 is 5.85. The summed E-state index contributed by atoms with van der Waals surface area (Å²) in [5.74, 6) is -0.555. The molecule has 206 valence electrons. The highest BCUT2D eigenvalue weighted by Gasteiger charge is 2.36. The van der Waals surface area contributed by atoms with Crippen molar-refractivity contribution in [2.24, 2.45) is 0 Å². The monoisotopic (exact) mass is 597 g/mol. The Morgan fingerprint density at radius 3 is 2.15 bits per heavy atom.